The molecule has 0 aliphatic heterocycles. The smallest absolute Gasteiger partial charge is 0.292 e. The van der Waals surface area contributed by atoms with Crippen LogP contribution in [0.2, 0.25) is 0 Å². The van der Waals surface area contributed by atoms with Crippen molar-refractivity contribution in [1.29, 1.82) is 0 Å². The minimum Gasteiger partial charge on any atom is -0.393 e. The molecule has 6 nitrogen and oxygen atoms in total. The van der Waals surface area contributed by atoms with Crippen molar-refractivity contribution in [2.75, 3.05) is 5.73 Å². The summed E-state index contributed by atoms with van der Waals surface area (Å²) in [7, 11) is 0. The van der Waals surface area contributed by atoms with Gasteiger partial charge in [0.25, 0.3) is 11.6 Å². The van der Waals surface area contributed by atoms with E-state index in [9.17, 15) is 14.9 Å². The number of rotatable bonds is 6. The van der Waals surface area contributed by atoms with Crippen LogP contribution in [0.4, 0.5) is 11.4 Å². The van der Waals surface area contributed by atoms with Crippen molar-refractivity contribution in [3.63, 3.8) is 0 Å². The van der Waals surface area contributed by atoms with Gasteiger partial charge in [0.05, 0.1) is 4.92 Å². The minimum absolute atomic E-state index is 0.0423. The molecule has 120 valence electrons. The van der Waals surface area contributed by atoms with Gasteiger partial charge < -0.3 is 11.1 Å². The number of aryl methyl sites for hydroxylation is 1. The number of nitrogens with zero attached hydrogens (tertiary/aromatic N) is 1. The van der Waals surface area contributed by atoms with Crippen LogP contribution in [0.1, 0.15) is 29.3 Å². The summed E-state index contributed by atoms with van der Waals surface area (Å²) in [5.41, 5.74) is 6.76. The summed E-state index contributed by atoms with van der Waals surface area (Å²) < 4.78 is 0. The molecule has 2 rings (SSSR count). The molecule has 0 spiro atoms. The number of carbonyl (C=O) groups is 1. The van der Waals surface area contributed by atoms with Gasteiger partial charge in [-0.1, -0.05) is 30.3 Å². The van der Waals surface area contributed by atoms with Crippen LogP contribution in [0.25, 0.3) is 0 Å². The zero-order chi connectivity index (χ0) is 16.8. The lowest BCUT2D eigenvalue weighted by molar-refractivity contribution is -0.383. The summed E-state index contributed by atoms with van der Waals surface area (Å²) in [6.07, 6.45) is 1.64. The summed E-state index contributed by atoms with van der Waals surface area (Å²) >= 11 is 0. The number of benzene rings is 2. The van der Waals surface area contributed by atoms with Crippen LogP contribution in [-0.4, -0.2) is 16.9 Å². The second kappa shape index (κ2) is 7.40. The van der Waals surface area contributed by atoms with E-state index >= 15 is 0 Å². The zero-order valence-corrected chi connectivity index (χ0v) is 12.9. The Bertz CT molecular complexity index is 701. The first-order chi connectivity index (χ1) is 11.0. The van der Waals surface area contributed by atoms with E-state index in [1.807, 2.05) is 37.3 Å². The quantitative estimate of drug-likeness (QED) is 0.486. The fourth-order valence-electron chi connectivity index (χ4n) is 2.25. The highest BCUT2D eigenvalue weighted by molar-refractivity contribution is 5.95. The zero-order valence-electron chi connectivity index (χ0n) is 12.9. The number of hydrogen-bond donors (Lipinski definition) is 2. The van der Waals surface area contributed by atoms with Crippen molar-refractivity contribution in [3.8, 4) is 0 Å². The van der Waals surface area contributed by atoms with Crippen LogP contribution in [-0.2, 0) is 6.42 Å². The van der Waals surface area contributed by atoms with Gasteiger partial charge in [-0.05, 0) is 37.5 Å². The molecule has 0 heterocycles. The van der Waals surface area contributed by atoms with Crippen LogP contribution < -0.4 is 11.1 Å². The second-order valence-electron chi connectivity index (χ2n) is 5.43. The van der Waals surface area contributed by atoms with Crippen molar-refractivity contribution in [1.82, 2.24) is 5.32 Å². The number of nitrogens with two attached hydrogens (primary N) is 1. The fourth-order valence-corrected chi connectivity index (χ4v) is 2.25. The number of amides is 1. The van der Waals surface area contributed by atoms with E-state index in [1.54, 1.807) is 0 Å². The second-order valence-corrected chi connectivity index (χ2v) is 5.43. The average Bonchev–Trinajstić information content (AvgIpc) is 2.54. The highest BCUT2D eigenvalue weighted by Gasteiger charge is 2.16. The molecule has 1 amide bonds. The predicted molar refractivity (Wildman–Crippen MR) is 89.2 cm³/mol. The molecule has 0 unspecified atom stereocenters. The number of anilines is 1. The number of nitrogen functional groups attached to an aromatic ring is 1. The Hall–Kier alpha value is -2.89. The van der Waals surface area contributed by atoms with Gasteiger partial charge in [0.15, 0.2) is 0 Å². The van der Waals surface area contributed by atoms with Crippen molar-refractivity contribution < 1.29 is 9.72 Å². The van der Waals surface area contributed by atoms with E-state index in [1.165, 1.54) is 23.8 Å². The number of hydrogen-bond acceptors (Lipinski definition) is 4. The summed E-state index contributed by atoms with van der Waals surface area (Å²) in [6, 6.07) is 14.0. The highest BCUT2D eigenvalue weighted by atomic mass is 16.6. The van der Waals surface area contributed by atoms with Crippen LogP contribution in [0.5, 0.6) is 0 Å². The molecule has 0 saturated carbocycles. The molecule has 0 aliphatic carbocycles. The Labute approximate surface area is 134 Å². The van der Waals surface area contributed by atoms with Crippen LogP contribution in [0.15, 0.2) is 48.5 Å². The standard InChI is InChI=1S/C17H19N3O3/c1-12(7-8-13-5-3-2-4-6-13)19-17(21)14-9-10-15(18)16(11-14)20(22)23/h2-6,9-12H,7-8,18H2,1H3,(H,19,21)/t12-/m1/s1. The van der Waals surface area contributed by atoms with Gasteiger partial charge in [-0.3, -0.25) is 14.9 Å². The van der Waals surface area contributed by atoms with Crippen molar-refractivity contribution in [3.05, 3.63) is 69.8 Å². The molecule has 0 saturated heterocycles. The van der Waals surface area contributed by atoms with Gasteiger partial charge >= 0.3 is 0 Å². The third-order valence-electron chi connectivity index (χ3n) is 3.58. The largest absolute Gasteiger partial charge is 0.393 e. The van der Waals surface area contributed by atoms with E-state index in [0.717, 1.165) is 12.8 Å². The molecule has 2 aromatic rings. The molecule has 6 heteroatoms. The van der Waals surface area contributed by atoms with Crippen LogP contribution in [0.3, 0.4) is 0 Å². The molecule has 0 aliphatic rings. The predicted octanol–water partition coefficient (Wildman–Crippen LogP) is 2.93. The topological polar surface area (TPSA) is 98.3 Å². The maximum Gasteiger partial charge on any atom is 0.292 e. The van der Waals surface area contributed by atoms with Gasteiger partial charge in [-0.15, -0.1) is 0 Å². The van der Waals surface area contributed by atoms with E-state index in [4.69, 9.17) is 5.73 Å². The summed E-state index contributed by atoms with van der Waals surface area (Å²) in [6.45, 7) is 1.91. The maximum atomic E-state index is 12.2. The van der Waals surface area contributed by atoms with Crippen molar-refractivity contribution in [2.24, 2.45) is 0 Å². The molecule has 0 radical (unpaired) electrons. The molecule has 0 fully saturated rings. The third-order valence-corrected chi connectivity index (χ3v) is 3.58. The van der Waals surface area contributed by atoms with Crippen LogP contribution in [0, 0.1) is 10.1 Å². The van der Waals surface area contributed by atoms with E-state index in [0.29, 0.717) is 0 Å². The molecule has 3 N–H and O–H groups in total. The number of nitro groups is 1. The minimum atomic E-state index is -0.592. The van der Waals surface area contributed by atoms with E-state index in [2.05, 4.69) is 5.32 Å². The van der Waals surface area contributed by atoms with Gasteiger partial charge in [0.1, 0.15) is 5.69 Å². The third kappa shape index (κ3) is 4.54. The van der Waals surface area contributed by atoms with Crippen LogP contribution >= 0.6 is 0 Å². The number of carbonyl (C=O) groups excluding carboxylic acids is 1. The monoisotopic (exact) mass is 313 g/mol. The Kier molecular flexibility index (Phi) is 5.30. The lowest BCUT2D eigenvalue weighted by Gasteiger charge is -2.14. The first-order valence-corrected chi connectivity index (χ1v) is 7.36. The molecule has 0 aromatic heterocycles. The summed E-state index contributed by atoms with van der Waals surface area (Å²) in [4.78, 5) is 22.5. The fraction of sp³-hybridized carbons (Fsp3) is 0.235. The summed E-state index contributed by atoms with van der Waals surface area (Å²) in [5, 5.41) is 13.7. The molecule has 2 aromatic carbocycles. The Morgan fingerprint density at radius 2 is 1.96 bits per heavy atom. The van der Waals surface area contributed by atoms with Gasteiger partial charge in [0.2, 0.25) is 0 Å². The lowest BCUT2D eigenvalue weighted by Crippen LogP contribution is -2.32. The maximum absolute atomic E-state index is 12.2. The first-order valence-electron chi connectivity index (χ1n) is 7.36. The Balaban J connectivity index is 1.96. The van der Waals surface area contributed by atoms with Gasteiger partial charge in [-0.2, -0.15) is 0 Å². The lowest BCUT2D eigenvalue weighted by atomic mass is 10.1. The molecule has 23 heavy (non-hydrogen) atoms. The molecule has 0 bridgehead atoms. The first kappa shape index (κ1) is 16.5. The Morgan fingerprint density at radius 3 is 2.61 bits per heavy atom. The van der Waals surface area contributed by atoms with Crippen molar-refractivity contribution >= 4 is 17.3 Å². The average molecular weight is 313 g/mol. The van der Waals surface area contributed by atoms with Gasteiger partial charge in [0, 0.05) is 17.7 Å². The Morgan fingerprint density at radius 1 is 1.26 bits per heavy atom. The van der Waals surface area contributed by atoms with E-state index in [-0.39, 0.29) is 28.9 Å². The number of nitrogens with one attached hydrogen (secondary N) is 1. The number of nitro benzene ring substituents is 1. The highest BCUT2D eigenvalue weighted by Crippen LogP contribution is 2.22. The van der Waals surface area contributed by atoms with E-state index < -0.39 is 4.92 Å². The SMILES string of the molecule is C[C@H](CCc1ccccc1)NC(=O)c1ccc(N)c([N+](=O)[O-])c1. The molecular formula is C17H19N3O3. The normalized spacial score (nSPS) is 11.7. The molecule has 1 atom stereocenters. The summed E-state index contributed by atoms with van der Waals surface area (Å²) in [5.74, 6) is -0.339. The van der Waals surface area contributed by atoms with Crippen molar-refractivity contribution in [2.45, 2.75) is 25.8 Å². The van der Waals surface area contributed by atoms with Gasteiger partial charge in [-0.25, -0.2) is 0 Å². The molecular weight excluding hydrogens is 294 g/mol.